The van der Waals surface area contributed by atoms with Gasteiger partial charge in [0.25, 0.3) is 5.89 Å². The third kappa shape index (κ3) is 1.16. The number of hydrogen-bond acceptors (Lipinski definition) is 5. The molecule has 2 aromatic heterocycles. The predicted octanol–water partition coefficient (Wildman–Crippen LogP) is 0.835. The van der Waals surface area contributed by atoms with E-state index in [0.717, 1.165) is 5.69 Å². The maximum atomic E-state index is 4.93. The Morgan fingerprint density at radius 2 is 2.33 bits per heavy atom. The molecule has 0 fully saturated rings. The fraction of sp³-hybridized carbons (Fsp3) is 0.143. The average Bonchev–Trinajstić information content (AvgIpc) is 2.56. The molecule has 0 aromatic carbocycles. The molecule has 0 amide bonds. The monoisotopic (exact) mass is 162 g/mol. The minimum absolute atomic E-state index is 0.346. The zero-order chi connectivity index (χ0) is 8.39. The molecule has 5 nitrogen and oxygen atoms in total. The van der Waals surface area contributed by atoms with Gasteiger partial charge in [0.1, 0.15) is 0 Å². The van der Waals surface area contributed by atoms with Crippen LogP contribution in [0.2, 0.25) is 0 Å². The maximum Gasteiger partial charge on any atom is 0.285 e. The highest BCUT2D eigenvalue weighted by Crippen LogP contribution is 2.08. The normalized spacial score (nSPS) is 10.1. The summed E-state index contributed by atoms with van der Waals surface area (Å²) in [5.41, 5.74) is 0.873. The Kier molecular flexibility index (Phi) is 1.55. The highest BCUT2D eigenvalue weighted by molar-refractivity contribution is 5.38. The summed E-state index contributed by atoms with van der Waals surface area (Å²) >= 11 is 0. The highest BCUT2D eigenvalue weighted by atomic mass is 16.4. The van der Waals surface area contributed by atoms with E-state index in [1.54, 1.807) is 12.3 Å². The number of rotatable bonds is 1. The molecule has 0 N–H and O–H groups in total. The smallest absolute Gasteiger partial charge is 0.285 e. The van der Waals surface area contributed by atoms with Crippen molar-refractivity contribution in [3.63, 3.8) is 0 Å². The van der Waals surface area contributed by atoms with Gasteiger partial charge >= 0.3 is 0 Å². The molecule has 60 valence electrons. The van der Waals surface area contributed by atoms with Crippen molar-refractivity contribution < 1.29 is 4.42 Å². The van der Waals surface area contributed by atoms with Gasteiger partial charge < -0.3 is 4.42 Å². The molecule has 0 aliphatic carbocycles. The van der Waals surface area contributed by atoms with Crippen LogP contribution in [0, 0.1) is 6.92 Å². The number of hydrogen-bond donors (Lipinski definition) is 0. The van der Waals surface area contributed by atoms with E-state index < -0.39 is 0 Å². The summed E-state index contributed by atoms with van der Waals surface area (Å²) in [4.78, 5) is 8.08. The summed E-state index contributed by atoms with van der Waals surface area (Å²) in [7, 11) is 0. The molecule has 5 heteroatoms. The molecule has 0 saturated heterocycles. The van der Waals surface area contributed by atoms with Gasteiger partial charge in [0.15, 0.2) is 0 Å². The Labute approximate surface area is 68.5 Å². The molecule has 0 aliphatic heterocycles. The van der Waals surface area contributed by atoms with E-state index in [1.807, 2.05) is 6.92 Å². The zero-order valence-corrected chi connectivity index (χ0v) is 6.43. The summed E-state index contributed by atoms with van der Waals surface area (Å²) in [6.45, 7) is 1.88. The molecular weight excluding hydrogens is 156 g/mol. The van der Waals surface area contributed by atoms with Crippen molar-refractivity contribution in [1.82, 2.24) is 20.2 Å². The van der Waals surface area contributed by atoms with Gasteiger partial charge in [-0.15, -0.1) is 10.2 Å². The second kappa shape index (κ2) is 2.69. The van der Waals surface area contributed by atoms with Crippen LogP contribution >= 0.6 is 0 Å². The van der Waals surface area contributed by atoms with Gasteiger partial charge in [0.05, 0.1) is 0 Å². The Hall–Kier alpha value is -1.78. The van der Waals surface area contributed by atoms with E-state index in [4.69, 9.17) is 4.42 Å². The van der Waals surface area contributed by atoms with E-state index >= 15 is 0 Å². The average molecular weight is 162 g/mol. The lowest BCUT2D eigenvalue weighted by Crippen LogP contribution is -1.90. The fourth-order valence-corrected chi connectivity index (χ4v) is 0.822. The van der Waals surface area contributed by atoms with Crippen molar-refractivity contribution >= 4 is 0 Å². The van der Waals surface area contributed by atoms with Gasteiger partial charge in [-0.1, -0.05) is 0 Å². The van der Waals surface area contributed by atoms with Crippen LogP contribution < -0.4 is 0 Å². The second-order valence-electron chi connectivity index (χ2n) is 2.27. The van der Waals surface area contributed by atoms with Crippen molar-refractivity contribution in [3.05, 3.63) is 24.4 Å². The molecule has 0 aliphatic rings. The van der Waals surface area contributed by atoms with E-state index in [-0.39, 0.29) is 0 Å². The maximum absolute atomic E-state index is 4.93. The minimum Gasteiger partial charge on any atom is -0.421 e. The number of aromatic nitrogens is 4. The highest BCUT2D eigenvalue weighted by Gasteiger charge is 2.05. The van der Waals surface area contributed by atoms with Gasteiger partial charge in [-0.25, -0.2) is 9.97 Å². The first-order valence-electron chi connectivity index (χ1n) is 3.42. The molecule has 12 heavy (non-hydrogen) atoms. The predicted molar refractivity (Wildman–Crippen MR) is 40.1 cm³/mol. The molecule has 0 radical (unpaired) electrons. The van der Waals surface area contributed by atoms with Gasteiger partial charge in [0.2, 0.25) is 12.2 Å². The van der Waals surface area contributed by atoms with Gasteiger partial charge in [-0.3, -0.25) is 0 Å². The lowest BCUT2D eigenvalue weighted by molar-refractivity contribution is 0.563. The van der Waals surface area contributed by atoms with Crippen LogP contribution in [-0.4, -0.2) is 20.2 Å². The Morgan fingerprint density at radius 3 is 3.00 bits per heavy atom. The van der Waals surface area contributed by atoms with Crippen LogP contribution in [-0.2, 0) is 0 Å². The third-order valence-corrected chi connectivity index (χ3v) is 1.35. The van der Waals surface area contributed by atoms with Crippen molar-refractivity contribution in [2.24, 2.45) is 0 Å². The first-order valence-corrected chi connectivity index (χ1v) is 3.42. The van der Waals surface area contributed by atoms with Crippen LogP contribution in [0.15, 0.2) is 23.1 Å². The first kappa shape index (κ1) is 6.90. The van der Waals surface area contributed by atoms with Crippen LogP contribution in [0.25, 0.3) is 11.7 Å². The van der Waals surface area contributed by atoms with Crippen LogP contribution in [0.5, 0.6) is 0 Å². The van der Waals surface area contributed by atoms with Crippen molar-refractivity contribution in [2.75, 3.05) is 0 Å². The molecule has 0 atom stereocenters. The van der Waals surface area contributed by atoms with Crippen molar-refractivity contribution in [1.29, 1.82) is 0 Å². The summed E-state index contributed by atoms with van der Waals surface area (Å²) < 4.78 is 4.93. The van der Waals surface area contributed by atoms with Crippen LogP contribution in [0.3, 0.4) is 0 Å². The lowest BCUT2D eigenvalue weighted by atomic mass is 10.4. The fourth-order valence-electron chi connectivity index (χ4n) is 0.822. The standard InChI is InChI=1S/C7H6N4O/c1-5-2-3-8-6(10-5)7-11-9-4-12-7/h2-4H,1H3. The molecule has 2 rings (SSSR count). The van der Waals surface area contributed by atoms with Gasteiger partial charge in [0, 0.05) is 11.9 Å². The number of nitrogens with zero attached hydrogens (tertiary/aromatic N) is 4. The Bertz CT molecular complexity index is 371. The van der Waals surface area contributed by atoms with Gasteiger partial charge in [-0.05, 0) is 13.0 Å². The largest absolute Gasteiger partial charge is 0.421 e. The van der Waals surface area contributed by atoms with Crippen LogP contribution in [0.1, 0.15) is 5.69 Å². The second-order valence-corrected chi connectivity index (χ2v) is 2.27. The van der Waals surface area contributed by atoms with Crippen LogP contribution in [0.4, 0.5) is 0 Å². The Balaban J connectivity index is 2.48. The summed E-state index contributed by atoms with van der Waals surface area (Å²) in [6.07, 6.45) is 2.91. The SMILES string of the molecule is Cc1ccnc(-c2nnco2)n1. The molecule has 2 aromatic rings. The molecule has 0 spiro atoms. The zero-order valence-electron chi connectivity index (χ0n) is 6.43. The van der Waals surface area contributed by atoms with Crippen molar-refractivity contribution in [3.8, 4) is 11.7 Å². The summed E-state index contributed by atoms with van der Waals surface area (Å²) in [5.74, 6) is 0.811. The number of aryl methyl sites for hydroxylation is 1. The molecule has 0 bridgehead atoms. The minimum atomic E-state index is 0.346. The molecular formula is C7H6N4O. The summed E-state index contributed by atoms with van der Waals surface area (Å²) in [5, 5.41) is 7.22. The van der Waals surface area contributed by atoms with Crippen molar-refractivity contribution in [2.45, 2.75) is 6.92 Å². The van der Waals surface area contributed by atoms with E-state index in [1.165, 1.54) is 6.39 Å². The summed E-state index contributed by atoms with van der Waals surface area (Å²) in [6, 6.07) is 1.81. The Morgan fingerprint density at radius 1 is 1.42 bits per heavy atom. The third-order valence-electron chi connectivity index (χ3n) is 1.35. The molecule has 0 unspecified atom stereocenters. The first-order chi connectivity index (χ1) is 5.86. The lowest BCUT2D eigenvalue weighted by Gasteiger charge is -1.92. The quantitative estimate of drug-likeness (QED) is 0.621. The van der Waals surface area contributed by atoms with E-state index in [9.17, 15) is 0 Å². The topological polar surface area (TPSA) is 64.7 Å². The van der Waals surface area contributed by atoms with Gasteiger partial charge in [-0.2, -0.15) is 0 Å². The van der Waals surface area contributed by atoms with E-state index in [0.29, 0.717) is 11.7 Å². The van der Waals surface area contributed by atoms with E-state index in [2.05, 4.69) is 20.2 Å². The molecule has 0 saturated carbocycles. The molecule has 2 heterocycles.